The SMILES string of the molecule is Cc1cc(Cl)cc(C(=O)Nc2ccc(Cl)cc2)c1NC(=O)c1ccc(C2=NCCC2)cc1. The van der Waals surface area contributed by atoms with Gasteiger partial charge in [-0.2, -0.15) is 0 Å². The van der Waals surface area contributed by atoms with E-state index in [4.69, 9.17) is 23.2 Å². The van der Waals surface area contributed by atoms with Gasteiger partial charge in [0.05, 0.1) is 11.3 Å². The molecule has 0 spiro atoms. The Morgan fingerprint density at radius 2 is 1.59 bits per heavy atom. The maximum Gasteiger partial charge on any atom is 0.257 e. The Morgan fingerprint density at radius 1 is 0.875 bits per heavy atom. The average Bonchev–Trinajstić information content (AvgIpc) is 3.32. The number of carbonyl (C=O) groups excluding carboxylic acids is 2. The molecular formula is C25H21Cl2N3O2. The van der Waals surface area contributed by atoms with Crippen molar-refractivity contribution in [1.82, 2.24) is 0 Å². The first-order chi connectivity index (χ1) is 15.4. The van der Waals surface area contributed by atoms with Crippen LogP contribution in [-0.2, 0) is 0 Å². The van der Waals surface area contributed by atoms with Crippen LogP contribution in [0.4, 0.5) is 11.4 Å². The van der Waals surface area contributed by atoms with Gasteiger partial charge in [0, 0.05) is 33.6 Å². The first-order valence-electron chi connectivity index (χ1n) is 10.2. The molecule has 3 aromatic carbocycles. The molecule has 0 radical (unpaired) electrons. The molecule has 0 aromatic heterocycles. The summed E-state index contributed by atoms with van der Waals surface area (Å²) in [6.45, 7) is 2.65. The highest BCUT2D eigenvalue weighted by Gasteiger charge is 2.18. The summed E-state index contributed by atoms with van der Waals surface area (Å²) >= 11 is 12.1. The van der Waals surface area contributed by atoms with Crippen LogP contribution < -0.4 is 10.6 Å². The number of nitrogens with one attached hydrogen (secondary N) is 2. The third kappa shape index (κ3) is 5.01. The average molecular weight is 466 g/mol. The van der Waals surface area contributed by atoms with Crippen LogP contribution in [0.25, 0.3) is 0 Å². The van der Waals surface area contributed by atoms with Gasteiger partial charge >= 0.3 is 0 Å². The second-order valence-corrected chi connectivity index (χ2v) is 8.44. The van der Waals surface area contributed by atoms with E-state index < -0.39 is 0 Å². The Hall–Kier alpha value is -3.15. The van der Waals surface area contributed by atoms with Crippen molar-refractivity contribution in [3.8, 4) is 0 Å². The smallest absolute Gasteiger partial charge is 0.257 e. The van der Waals surface area contributed by atoms with Crippen LogP contribution in [0.15, 0.2) is 65.7 Å². The van der Waals surface area contributed by atoms with Gasteiger partial charge in [0.25, 0.3) is 11.8 Å². The van der Waals surface area contributed by atoms with Crippen molar-refractivity contribution in [2.24, 2.45) is 4.99 Å². The molecular weight excluding hydrogens is 445 g/mol. The van der Waals surface area contributed by atoms with Crippen LogP contribution in [0, 0.1) is 6.92 Å². The van der Waals surface area contributed by atoms with Crippen LogP contribution >= 0.6 is 23.2 Å². The fourth-order valence-corrected chi connectivity index (χ4v) is 3.99. The summed E-state index contributed by atoms with van der Waals surface area (Å²) in [5.74, 6) is -0.696. The van der Waals surface area contributed by atoms with Gasteiger partial charge in [-0.3, -0.25) is 14.6 Å². The van der Waals surface area contributed by atoms with Gasteiger partial charge in [-0.15, -0.1) is 0 Å². The lowest BCUT2D eigenvalue weighted by Gasteiger charge is -2.15. The van der Waals surface area contributed by atoms with Crippen molar-refractivity contribution in [3.05, 3.63) is 93.0 Å². The van der Waals surface area contributed by atoms with Crippen molar-refractivity contribution >= 4 is 52.1 Å². The van der Waals surface area contributed by atoms with Crippen molar-refractivity contribution < 1.29 is 9.59 Å². The minimum absolute atomic E-state index is 0.273. The Bertz CT molecular complexity index is 1200. The van der Waals surface area contributed by atoms with E-state index in [0.29, 0.717) is 32.5 Å². The number of halogens is 2. The second kappa shape index (κ2) is 9.55. The predicted octanol–water partition coefficient (Wildman–Crippen LogP) is 6.39. The molecule has 162 valence electrons. The van der Waals surface area contributed by atoms with Crippen LogP contribution in [-0.4, -0.2) is 24.1 Å². The predicted molar refractivity (Wildman–Crippen MR) is 131 cm³/mol. The third-order valence-corrected chi connectivity index (χ3v) is 5.71. The van der Waals surface area contributed by atoms with Crippen LogP contribution in [0.2, 0.25) is 10.0 Å². The summed E-state index contributed by atoms with van der Waals surface area (Å²) in [6, 6.07) is 17.4. The van der Waals surface area contributed by atoms with Gasteiger partial charge in [-0.1, -0.05) is 35.3 Å². The van der Waals surface area contributed by atoms with Crippen molar-refractivity contribution in [2.75, 3.05) is 17.2 Å². The van der Waals surface area contributed by atoms with E-state index in [1.165, 1.54) is 6.07 Å². The number of aryl methyl sites for hydroxylation is 1. The maximum absolute atomic E-state index is 13.0. The number of benzene rings is 3. The Labute approximate surface area is 196 Å². The minimum atomic E-state index is -0.386. The molecule has 0 saturated carbocycles. The van der Waals surface area contributed by atoms with Crippen molar-refractivity contribution in [2.45, 2.75) is 19.8 Å². The number of nitrogens with zero attached hydrogens (tertiary/aromatic N) is 1. The normalized spacial score (nSPS) is 12.9. The molecule has 0 aliphatic carbocycles. The summed E-state index contributed by atoms with van der Waals surface area (Å²) in [6.07, 6.45) is 2.02. The van der Waals surface area contributed by atoms with Gasteiger partial charge in [0.2, 0.25) is 0 Å². The number of aliphatic imine (C=N–C) groups is 1. The molecule has 0 unspecified atom stereocenters. The highest BCUT2D eigenvalue weighted by molar-refractivity contribution is 6.31. The first kappa shape index (κ1) is 22.1. The van der Waals surface area contributed by atoms with E-state index in [2.05, 4.69) is 15.6 Å². The number of rotatable bonds is 5. The minimum Gasteiger partial charge on any atom is -0.322 e. The number of hydrogen-bond acceptors (Lipinski definition) is 3. The molecule has 1 aliphatic heterocycles. The fourth-order valence-electron chi connectivity index (χ4n) is 3.59. The summed E-state index contributed by atoms with van der Waals surface area (Å²) in [7, 11) is 0. The molecule has 0 fully saturated rings. The lowest BCUT2D eigenvalue weighted by Crippen LogP contribution is -2.19. The summed E-state index contributed by atoms with van der Waals surface area (Å²) < 4.78 is 0. The number of anilines is 2. The standard InChI is InChI=1S/C25H21Cl2N3O2/c1-15-13-19(27)14-21(25(32)29-20-10-8-18(26)9-11-20)23(15)30-24(31)17-6-4-16(5-7-17)22-3-2-12-28-22/h4-11,13-14H,2-3,12H2,1H3,(H,29,32)(H,30,31). The quantitative estimate of drug-likeness (QED) is 0.458. The monoisotopic (exact) mass is 465 g/mol. The molecule has 4 rings (SSSR count). The van der Waals surface area contributed by atoms with Crippen molar-refractivity contribution in [1.29, 1.82) is 0 Å². The van der Waals surface area contributed by atoms with Gasteiger partial charge in [-0.25, -0.2) is 0 Å². The van der Waals surface area contributed by atoms with E-state index in [-0.39, 0.29) is 17.4 Å². The summed E-state index contributed by atoms with van der Waals surface area (Å²) in [5, 5.41) is 6.66. The van der Waals surface area contributed by atoms with Gasteiger partial charge < -0.3 is 10.6 Å². The molecule has 0 bridgehead atoms. The van der Waals surface area contributed by atoms with E-state index >= 15 is 0 Å². The first-order valence-corrected chi connectivity index (χ1v) is 11.0. The Balaban J connectivity index is 1.56. The molecule has 7 heteroatoms. The van der Waals surface area contributed by atoms with Crippen LogP contribution in [0.5, 0.6) is 0 Å². The summed E-state index contributed by atoms with van der Waals surface area (Å²) in [5.41, 5.74) is 4.55. The Kier molecular flexibility index (Phi) is 6.58. The topological polar surface area (TPSA) is 70.6 Å². The third-order valence-electron chi connectivity index (χ3n) is 5.24. The molecule has 5 nitrogen and oxygen atoms in total. The maximum atomic E-state index is 13.0. The number of carbonyl (C=O) groups is 2. The molecule has 0 atom stereocenters. The molecule has 2 amide bonds. The van der Waals surface area contributed by atoms with E-state index in [9.17, 15) is 9.59 Å². The van der Waals surface area contributed by atoms with Gasteiger partial charge in [-0.05, 0) is 79.4 Å². The van der Waals surface area contributed by atoms with Crippen molar-refractivity contribution in [3.63, 3.8) is 0 Å². The van der Waals surface area contributed by atoms with E-state index in [1.807, 2.05) is 12.1 Å². The van der Waals surface area contributed by atoms with Crippen LogP contribution in [0.1, 0.15) is 44.7 Å². The molecule has 3 aromatic rings. The van der Waals surface area contributed by atoms with Crippen LogP contribution in [0.3, 0.4) is 0 Å². The lowest BCUT2D eigenvalue weighted by atomic mass is 10.0. The van der Waals surface area contributed by atoms with E-state index in [0.717, 1.165) is 30.7 Å². The molecule has 1 heterocycles. The highest BCUT2D eigenvalue weighted by Crippen LogP contribution is 2.27. The van der Waals surface area contributed by atoms with Gasteiger partial charge in [0.1, 0.15) is 0 Å². The Morgan fingerprint density at radius 3 is 2.25 bits per heavy atom. The van der Waals surface area contributed by atoms with Gasteiger partial charge in [0.15, 0.2) is 0 Å². The molecule has 1 aliphatic rings. The zero-order valence-corrected chi connectivity index (χ0v) is 18.9. The summed E-state index contributed by atoms with van der Waals surface area (Å²) in [4.78, 5) is 30.4. The molecule has 0 saturated heterocycles. The van der Waals surface area contributed by atoms with E-state index in [1.54, 1.807) is 49.4 Å². The largest absolute Gasteiger partial charge is 0.322 e. The highest BCUT2D eigenvalue weighted by atomic mass is 35.5. The second-order valence-electron chi connectivity index (χ2n) is 7.57. The number of hydrogen-bond donors (Lipinski definition) is 2. The fraction of sp³-hybridized carbons (Fsp3) is 0.160. The zero-order chi connectivity index (χ0) is 22.7. The lowest BCUT2D eigenvalue weighted by molar-refractivity contribution is 0.102. The zero-order valence-electron chi connectivity index (χ0n) is 17.4. The number of amides is 2. The molecule has 2 N–H and O–H groups in total. The molecule has 32 heavy (non-hydrogen) atoms.